The predicted molar refractivity (Wildman–Crippen MR) is 93.9 cm³/mol. The van der Waals surface area contributed by atoms with Gasteiger partial charge < -0.3 is 4.74 Å². The highest BCUT2D eigenvalue weighted by molar-refractivity contribution is 8.12. The fourth-order valence-corrected chi connectivity index (χ4v) is 2.59. The molecule has 0 aliphatic heterocycles. The molecule has 0 aliphatic rings. The second-order valence-corrected chi connectivity index (χ2v) is 5.93. The van der Waals surface area contributed by atoms with Crippen LogP contribution in [0.2, 0.25) is 0 Å². The maximum absolute atomic E-state index is 11.3. The van der Waals surface area contributed by atoms with Gasteiger partial charge in [0.1, 0.15) is 12.4 Å². The molecule has 3 heteroatoms. The van der Waals surface area contributed by atoms with Gasteiger partial charge in [0.05, 0.1) is 0 Å². The monoisotopic (exact) mass is 312 g/mol. The summed E-state index contributed by atoms with van der Waals surface area (Å²) in [6, 6.07) is 16.0. The molecule has 2 aromatic rings. The molecule has 0 aromatic heterocycles. The topological polar surface area (TPSA) is 26.3 Å². The molecule has 0 aliphatic carbocycles. The third-order valence-electron chi connectivity index (χ3n) is 3.23. The minimum atomic E-state index is 0.225. The largest absolute Gasteiger partial charge is 0.489 e. The first kappa shape index (κ1) is 16.4. The standard InChI is InChI=1S/C19H20O2S/c1-3-15-5-7-16(8-6-15)13-21-18-11-9-17(10-12-18)14-22-19(20)4-2/h3,5-12H,1,4,13-14H2,2H3. The maximum atomic E-state index is 11.3. The number of carbonyl (C=O) groups excluding carboxylic acids is 1. The van der Waals surface area contributed by atoms with Crippen molar-refractivity contribution < 1.29 is 9.53 Å². The van der Waals surface area contributed by atoms with E-state index in [-0.39, 0.29) is 5.12 Å². The summed E-state index contributed by atoms with van der Waals surface area (Å²) in [7, 11) is 0. The third-order valence-corrected chi connectivity index (χ3v) is 4.32. The van der Waals surface area contributed by atoms with Gasteiger partial charge in [-0.3, -0.25) is 4.79 Å². The van der Waals surface area contributed by atoms with Gasteiger partial charge in [0, 0.05) is 12.2 Å². The van der Waals surface area contributed by atoms with Crippen LogP contribution in [0.4, 0.5) is 0 Å². The second-order valence-electron chi connectivity index (χ2n) is 4.89. The highest BCUT2D eigenvalue weighted by Gasteiger charge is 2.01. The molecule has 2 aromatic carbocycles. The number of ether oxygens (including phenoxy) is 1. The molecule has 0 atom stereocenters. The zero-order valence-electron chi connectivity index (χ0n) is 12.7. The average Bonchev–Trinajstić information content (AvgIpc) is 2.59. The van der Waals surface area contributed by atoms with Crippen molar-refractivity contribution in [1.82, 2.24) is 0 Å². The van der Waals surface area contributed by atoms with Crippen molar-refractivity contribution in [3.05, 3.63) is 71.8 Å². The van der Waals surface area contributed by atoms with Crippen molar-refractivity contribution in [2.75, 3.05) is 0 Å². The van der Waals surface area contributed by atoms with Gasteiger partial charge in [0.25, 0.3) is 0 Å². The van der Waals surface area contributed by atoms with Gasteiger partial charge in [-0.25, -0.2) is 0 Å². The summed E-state index contributed by atoms with van der Waals surface area (Å²) in [5, 5.41) is 0.225. The van der Waals surface area contributed by atoms with E-state index in [1.54, 1.807) is 0 Å². The fraction of sp³-hybridized carbons (Fsp3) is 0.211. The molecule has 2 rings (SSSR count). The van der Waals surface area contributed by atoms with Crippen LogP contribution in [-0.4, -0.2) is 5.12 Å². The van der Waals surface area contributed by atoms with Gasteiger partial charge in [0.15, 0.2) is 5.12 Å². The lowest BCUT2D eigenvalue weighted by Gasteiger charge is -2.07. The number of hydrogen-bond acceptors (Lipinski definition) is 3. The molecule has 0 bridgehead atoms. The SMILES string of the molecule is C=Cc1ccc(COc2ccc(CSC(=O)CC)cc2)cc1. The van der Waals surface area contributed by atoms with E-state index in [0.717, 1.165) is 28.2 Å². The Kier molecular flexibility index (Phi) is 6.28. The smallest absolute Gasteiger partial charge is 0.188 e. The Morgan fingerprint density at radius 1 is 1.09 bits per heavy atom. The zero-order valence-corrected chi connectivity index (χ0v) is 13.6. The van der Waals surface area contributed by atoms with Gasteiger partial charge in [0.2, 0.25) is 0 Å². The Hall–Kier alpha value is -2.00. The summed E-state index contributed by atoms with van der Waals surface area (Å²) in [4.78, 5) is 11.3. The molecule has 0 unspecified atom stereocenters. The maximum Gasteiger partial charge on any atom is 0.188 e. The minimum absolute atomic E-state index is 0.225. The lowest BCUT2D eigenvalue weighted by atomic mass is 10.1. The zero-order chi connectivity index (χ0) is 15.8. The predicted octanol–water partition coefficient (Wildman–Crippen LogP) is 5.08. The second kappa shape index (κ2) is 8.44. The molecule has 0 N–H and O–H groups in total. The molecule has 2 nitrogen and oxygen atoms in total. The van der Waals surface area contributed by atoms with Crippen LogP contribution in [0.1, 0.15) is 30.0 Å². The lowest BCUT2D eigenvalue weighted by molar-refractivity contribution is -0.110. The Morgan fingerprint density at radius 2 is 1.73 bits per heavy atom. The minimum Gasteiger partial charge on any atom is -0.489 e. The van der Waals surface area contributed by atoms with Crippen molar-refractivity contribution in [2.45, 2.75) is 25.7 Å². The van der Waals surface area contributed by atoms with Gasteiger partial charge >= 0.3 is 0 Å². The Labute approximate surface area is 136 Å². The van der Waals surface area contributed by atoms with Crippen molar-refractivity contribution in [3.63, 3.8) is 0 Å². The molecule has 0 saturated carbocycles. The molecular weight excluding hydrogens is 292 g/mol. The van der Waals surface area contributed by atoms with Crippen LogP contribution in [-0.2, 0) is 17.2 Å². The van der Waals surface area contributed by atoms with Crippen molar-refractivity contribution >= 4 is 23.0 Å². The lowest BCUT2D eigenvalue weighted by Crippen LogP contribution is -1.95. The molecule has 0 spiro atoms. The van der Waals surface area contributed by atoms with E-state index in [2.05, 4.69) is 6.58 Å². The van der Waals surface area contributed by atoms with E-state index < -0.39 is 0 Å². The summed E-state index contributed by atoms with van der Waals surface area (Å²) < 4.78 is 5.77. The highest BCUT2D eigenvalue weighted by atomic mass is 32.2. The van der Waals surface area contributed by atoms with E-state index in [1.165, 1.54) is 11.8 Å². The fourth-order valence-electron chi connectivity index (χ4n) is 1.86. The molecule has 114 valence electrons. The van der Waals surface area contributed by atoms with Crippen LogP contribution in [0, 0.1) is 0 Å². The molecule has 0 fully saturated rings. The number of benzene rings is 2. The molecule has 0 saturated heterocycles. The van der Waals surface area contributed by atoms with Crippen LogP contribution in [0.15, 0.2) is 55.1 Å². The van der Waals surface area contributed by atoms with Gasteiger partial charge in [-0.15, -0.1) is 0 Å². The van der Waals surface area contributed by atoms with Crippen LogP contribution >= 0.6 is 11.8 Å². The first-order chi connectivity index (χ1) is 10.7. The number of rotatable bonds is 7. The molecule has 22 heavy (non-hydrogen) atoms. The molecular formula is C19H20O2S. The molecule has 0 radical (unpaired) electrons. The quantitative estimate of drug-likeness (QED) is 0.713. The first-order valence-corrected chi connectivity index (χ1v) is 8.28. The van der Waals surface area contributed by atoms with Gasteiger partial charge in [-0.1, -0.05) is 67.7 Å². The third kappa shape index (κ3) is 5.08. The highest BCUT2D eigenvalue weighted by Crippen LogP contribution is 2.19. The normalized spacial score (nSPS) is 10.2. The number of thioether (sulfide) groups is 1. The van der Waals surface area contributed by atoms with Crippen molar-refractivity contribution in [1.29, 1.82) is 0 Å². The van der Waals surface area contributed by atoms with E-state index in [0.29, 0.717) is 13.0 Å². The van der Waals surface area contributed by atoms with E-state index >= 15 is 0 Å². The number of hydrogen-bond donors (Lipinski definition) is 0. The Bertz CT molecular complexity index is 615. The first-order valence-electron chi connectivity index (χ1n) is 7.30. The summed E-state index contributed by atoms with van der Waals surface area (Å²) in [6.07, 6.45) is 2.40. The summed E-state index contributed by atoms with van der Waals surface area (Å²) in [5.74, 6) is 1.55. The Morgan fingerprint density at radius 3 is 2.32 bits per heavy atom. The molecule has 0 amide bonds. The van der Waals surface area contributed by atoms with Crippen LogP contribution < -0.4 is 4.74 Å². The summed E-state index contributed by atoms with van der Waals surface area (Å²) in [5.41, 5.74) is 3.36. The Balaban J connectivity index is 1.85. The number of carbonyl (C=O) groups is 1. The van der Waals surface area contributed by atoms with Crippen molar-refractivity contribution in [3.8, 4) is 5.75 Å². The van der Waals surface area contributed by atoms with Crippen LogP contribution in [0.25, 0.3) is 6.08 Å². The summed E-state index contributed by atoms with van der Waals surface area (Å²) in [6.45, 7) is 6.16. The van der Waals surface area contributed by atoms with Crippen LogP contribution in [0.3, 0.4) is 0 Å². The van der Waals surface area contributed by atoms with Crippen molar-refractivity contribution in [2.24, 2.45) is 0 Å². The van der Waals surface area contributed by atoms with E-state index in [1.807, 2.05) is 61.5 Å². The average molecular weight is 312 g/mol. The van der Waals surface area contributed by atoms with E-state index in [9.17, 15) is 4.79 Å². The molecule has 0 heterocycles. The van der Waals surface area contributed by atoms with E-state index in [4.69, 9.17) is 4.74 Å². The van der Waals surface area contributed by atoms with Crippen LogP contribution in [0.5, 0.6) is 5.75 Å². The van der Waals surface area contributed by atoms with Gasteiger partial charge in [-0.05, 0) is 28.8 Å². The summed E-state index contributed by atoms with van der Waals surface area (Å²) >= 11 is 1.36. The van der Waals surface area contributed by atoms with Gasteiger partial charge in [-0.2, -0.15) is 0 Å².